The lowest BCUT2D eigenvalue weighted by molar-refractivity contribution is 0.143. The molecule has 1 aliphatic rings. The summed E-state index contributed by atoms with van der Waals surface area (Å²) in [6.45, 7) is 5.57. The lowest BCUT2D eigenvalue weighted by atomic mass is 9.98. The summed E-state index contributed by atoms with van der Waals surface area (Å²) in [7, 11) is 2.16. The maximum absolute atomic E-state index is 9.86. The molecule has 3 aromatic rings. The lowest BCUT2D eigenvalue weighted by Gasteiger charge is -2.27. The van der Waals surface area contributed by atoms with Crippen LogP contribution in [0.4, 0.5) is 5.82 Å². The van der Waals surface area contributed by atoms with Gasteiger partial charge in [-0.1, -0.05) is 11.8 Å². The van der Waals surface area contributed by atoms with Gasteiger partial charge < -0.3 is 20.5 Å². The number of benzene rings is 1. The van der Waals surface area contributed by atoms with Crippen molar-refractivity contribution in [2.75, 3.05) is 25.9 Å². The molecular formula is C27H29N5O2S. The van der Waals surface area contributed by atoms with Crippen molar-refractivity contribution in [2.45, 2.75) is 44.8 Å². The van der Waals surface area contributed by atoms with E-state index < -0.39 is 5.60 Å². The summed E-state index contributed by atoms with van der Waals surface area (Å²) in [5.74, 6) is 6.96. The standard InChI is InChI=1S/C27H29N5O2S/c1-27(2,33)9-6-18-4-5-20(14-28)22(12-18)17-34-23-13-21(15-30-25(23)29)24-16-31-26(35-24)19-7-10-32(3)11-8-19/h4-5,12-13,15-16,19,33H,7-8,10-11,17H2,1-3H3,(H2,29,30). The highest BCUT2D eigenvalue weighted by molar-refractivity contribution is 7.15. The van der Waals surface area contributed by atoms with Crippen molar-refractivity contribution in [2.24, 2.45) is 0 Å². The Morgan fingerprint density at radius 3 is 2.71 bits per heavy atom. The van der Waals surface area contributed by atoms with E-state index in [4.69, 9.17) is 10.5 Å². The van der Waals surface area contributed by atoms with Crippen molar-refractivity contribution in [1.82, 2.24) is 14.9 Å². The van der Waals surface area contributed by atoms with Crippen LogP contribution in [0.2, 0.25) is 0 Å². The number of rotatable bonds is 5. The molecule has 180 valence electrons. The SMILES string of the molecule is CN1CCC(c2ncc(-c3cnc(N)c(OCc4cc(C#CC(C)(C)O)ccc4C#N)c3)s2)CC1. The van der Waals surface area contributed by atoms with Gasteiger partial charge in [0.25, 0.3) is 0 Å². The van der Waals surface area contributed by atoms with Crippen molar-refractivity contribution in [1.29, 1.82) is 5.26 Å². The highest BCUT2D eigenvalue weighted by Crippen LogP contribution is 2.36. The minimum atomic E-state index is -1.10. The Kier molecular flexibility index (Phi) is 7.37. The van der Waals surface area contributed by atoms with Crippen LogP contribution in [0, 0.1) is 23.2 Å². The van der Waals surface area contributed by atoms with Crippen molar-refractivity contribution in [3.8, 4) is 34.1 Å². The molecule has 2 aromatic heterocycles. The summed E-state index contributed by atoms with van der Waals surface area (Å²) >= 11 is 1.69. The predicted octanol–water partition coefficient (Wildman–Crippen LogP) is 4.17. The molecule has 0 atom stereocenters. The van der Waals surface area contributed by atoms with Gasteiger partial charge in [0.05, 0.1) is 21.5 Å². The largest absolute Gasteiger partial charge is 0.485 e. The quantitative estimate of drug-likeness (QED) is 0.520. The molecule has 8 heteroatoms. The van der Waals surface area contributed by atoms with Crippen LogP contribution in [0.5, 0.6) is 5.75 Å². The third kappa shape index (κ3) is 6.37. The fraction of sp³-hybridized carbons (Fsp3) is 0.370. The van der Waals surface area contributed by atoms with E-state index in [1.54, 1.807) is 49.6 Å². The molecule has 1 saturated heterocycles. The first-order chi connectivity index (χ1) is 16.7. The molecule has 1 aromatic carbocycles. The van der Waals surface area contributed by atoms with E-state index >= 15 is 0 Å². The van der Waals surface area contributed by atoms with Gasteiger partial charge >= 0.3 is 0 Å². The Balaban J connectivity index is 1.52. The van der Waals surface area contributed by atoms with E-state index in [9.17, 15) is 10.4 Å². The second kappa shape index (κ2) is 10.5. The van der Waals surface area contributed by atoms with Gasteiger partial charge in [-0.2, -0.15) is 5.26 Å². The average Bonchev–Trinajstić information content (AvgIpc) is 3.32. The van der Waals surface area contributed by atoms with Gasteiger partial charge in [-0.3, -0.25) is 0 Å². The highest BCUT2D eigenvalue weighted by Gasteiger charge is 2.21. The molecule has 0 bridgehead atoms. The second-order valence-corrected chi connectivity index (χ2v) is 10.4. The zero-order valence-electron chi connectivity index (χ0n) is 20.2. The van der Waals surface area contributed by atoms with E-state index in [1.165, 1.54) is 0 Å². The number of anilines is 1. The van der Waals surface area contributed by atoms with E-state index in [-0.39, 0.29) is 12.4 Å². The molecule has 7 nitrogen and oxygen atoms in total. The van der Waals surface area contributed by atoms with Crippen LogP contribution in [0.15, 0.2) is 36.7 Å². The molecule has 1 fully saturated rings. The first kappa shape index (κ1) is 24.7. The molecule has 0 aliphatic carbocycles. The van der Waals surface area contributed by atoms with Crippen molar-refractivity contribution < 1.29 is 9.84 Å². The van der Waals surface area contributed by atoms with E-state index in [0.29, 0.717) is 28.4 Å². The zero-order chi connectivity index (χ0) is 25.0. The number of ether oxygens (including phenoxy) is 1. The van der Waals surface area contributed by atoms with Gasteiger partial charge in [-0.25, -0.2) is 9.97 Å². The maximum Gasteiger partial charge on any atom is 0.166 e. The Labute approximate surface area is 210 Å². The summed E-state index contributed by atoms with van der Waals surface area (Å²) in [6.07, 6.45) is 5.88. The number of hydrogen-bond acceptors (Lipinski definition) is 8. The molecule has 4 rings (SSSR count). The van der Waals surface area contributed by atoms with Gasteiger partial charge in [-0.05, 0) is 71.1 Å². The number of nitriles is 1. The monoisotopic (exact) mass is 487 g/mol. The third-order valence-electron chi connectivity index (χ3n) is 5.88. The summed E-state index contributed by atoms with van der Waals surface area (Å²) in [5, 5.41) is 20.5. The molecule has 0 saturated carbocycles. The summed E-state index contributed by atoms with van der Waals surface area (Å²) in [5.41, 5.74) is 7.76. The number of hydrogen-bond donors (Lipinski definition) is 2. The minimum absolute atomic E-state index is 0.139. The van der Waals surface area contributed by atoms with E-state index in [1.807, 2.05) is 12.3 Å². The van der Waals surface area contributed by atoms with Crippen molar-refractivity contribution >= 4 is 17.2 Å². The number of nitrogens with zero attached hydrogens (tertiary/aromatic N) is 4. The van der Waals surface area contributed by atoms with Crippen LogP contribution in [0.3, 0.4) is 0 Å². The van der Waals surface area contributed by atoms with Crippen LogP contribution < -0.4 is 10.5 Å². The molecule has 0 radical (unpaired) electrons. The first-order valence-electron chi connectivity index (χ1n) is 11.5. The van der Waals surface area contributed by atoms with Crippen molar-refractivity contribution in [3.05, 3.63) is 58.4 Å². The van der Waals surface area contributed by atoms with Gasteiger partial charge in [0.15, 0.2) is 11.6 Å². The Hall–Kier alpha value is -3.43. The van der Waals surface area contributed by atoms with Crippen LogP contribution in [-0.4, -0.2) is 45.7 Å². The number of likely N-dealkylation sites (tertiary alicyclic amines) is 1. The Morgan fingerprint density at radius 2 is 2.00 bits per heavy atom. The molecule has 3 N–H and O–H groups in total. The average molecular weight is 488 g/mol. The van der Waals surface area contributed by atoms with E-state index in [0.717, 1.165) is 41.4 Å². The van der Waals surface area contributed by atoms with Gasteiger partial charge in [0.1, 0.15) is 12.2 Å². The number of pyridine rings is 1. The molecule has 35 heavy (non-hydrogen) atoms. The fourth-order valence-corrected chi connectivity index (χ4v) is 4.92. The van der Waals surface area contributed by atoms with Crippen molar-refractivity contribution in [3.63, 3.8) is 0 Å². The summed E-state index contributed by atoms with van der Waals surface area (Å²) in [6, 6.07) is 9.31. The topological polar surface area (TPSA) is 108 Å². The maximum atomic E-state index is 9.86. The third-order valence-corrected chi connectivity index (χ3v) is 7.09. The Morgan fingerprint density at radius 1 is 1.23 bits per heavy atom. The number of nitrogen functional groups attached to an aromatic ring is 1. The van der Waals surface area contributed by atoms with Crippen LogP contribution in [-0.2, 0) is 6.61 Å². The molecular weight excluding hydrogens is 458 g/mol. The highest BCUT2D eigenvalue weighted by atomic mass is 32.1. The second-order valence-electron chi connectivity index (χ2n) is 9.33. The Bertz CT molecular complexity index is 1300. The fourth-order valence-electron chi connectivity index (χ4n) is 3.85. The molecule has 0 amide bonds. The van der Waals surface area contributed by atoms with Gasteiger partial charge in [0, 0.05) is 35.0 Å². The zero-order valence-corrected chi connectivity index (χ0v) is 21.0. The number of thiazole rings is 1. The molecule has 0 unspecified atom stereocenters. The smallest absolute Gasteiger partial charge is 0.166 e. The van der Waals surface area contributed by atoms with Crippen LogP contribution >= 0.6 is 11.3 Å². The molecule has 3 heterocycles. The number of piperidine rings is 1. The van der Waals surface area contributed by atoms with Crippen LogP contribution in [0.25, 0.3) is 10.4 Å². The van der Waals surface area contributed by atoms with Crippen LogP contribution in [0.1, 0.15) is 54.3 Å². The van der Waals surface area contributed by atoms with Gasteiger partial charge in [-0.15, -0.1) is 11.3 Å². The lowest BCUT2D eigenvalue weighted by Crippen LogP contribution is -2.29. The minimum Gasteiger partial charge on any atom is -0.485 e. The number of aromatic nitrogens is 2. The number of aliphatic hydroxyl groups is 1. The van der Waals surface area contributed by atoms with E-state index in [2.05, 4.69) is 39.8 Å². The normalized spacial score (nSPS) is 14.7. The summed E-state index contributed by atoms with van der Waals surface area (Å²) < 4.78 is 6.01. The summed E-state index contributed by atoms with van der Waals surface area (Å²) in [4.78, 5) is 12.4. The number of nitrogens with two attached hydrogens (primary N) is 1. The van der Waals surface area contributed by atoms with Gasteiger partial charge in [0.2, 0.25) is 0 Å². The molecule has 0 spiro atoms. The predicted molar refractivity (Wildman–Crippen MR) is 138 cm³/mol. The molecule has 1 aliphatic heterocycles. The first-order valence-corrected chi connectivity index (χ1v) is 12.3.